The lowest BCUT2D eigenvalue weighted by molar-refractivity contribution is -0.250. The molecule has 0 aromatic rings. The minimum absolute atomic E-state index is 0.0162. The highest BCUT2D eigenvalue weighted by Crippen LogP contribution is 2.77. The molecule has 0 heterocycles. The molecule has 0 aliphatic heterocycles. The van der Waals surface area contributed by atoms with E-state index >= 15 is 0 Å². The maximum absolute atomic E-state index is 13.5. The number of fused-ring (bicyclic) bond motifs is 7. The summed E-state index contributed by atoms with van der Waals surface area (Å²) in [5.74, 6) is 1.61. The topological polar surface area (TPSA) is 78.9 Å². The summed E-state index contributed by atoms with van der Waals surface area (Å²) in [5.41, 5.74) is 1.25. The number of methoxy groups -OCH3 is 2. The molecule has 5 fully saturated rings. The fourth-order valence-electron chi connectivity index (χ4n) is 12.4. The molecule has 0 aromatic heterocycles. The van der Waals surface area contributed by atoms with Gasteiger partial charge in [-0.15, -0.1) is 0 Å². The van der Waals surface area contributed by atoms with Gasteiger partial charge in [0, 0.05) is 5.41 Å². The summed E-state index contributed by atoms with van der Waals surface area (Å²) in [4.78, 5) is 37.8. The van der Waals surface area contributed by atoms with Gasteiger partial charge in [0.1, 0.15) is 6.10 Å². The monoisotopic (exact) mass is 584 g/mol. The lowest BCUT2D eigenvalue weighted by Crippen LogP contribution is -2.67. The van der Waals surface area contributed by atoms with Crippen LogP contribution in [0.25, 0.3) is 0 Å². The fourth-order valence-corrected chi connectivity index (χ4v) is 12.4. The molecule has 5 saturated carbocycles. The SMILES string of the molecule is C=C(C)[C@@H]1CC[C@]2(C(=O)OC)CC[C@]3(C)[C@H](CC[C@@H]4[C@@]5(C)CC[C@H](OC(=O)CCC(=O)OC)C(C)(C)C5CC[C@]43C)[C@@H]12. The molecule has 0 spiro atoms. The van der Waals surface area contributed by atoms with Crippen LogP contribution in [0.15, 0.2) is 12.2 Å². The summed E-state index contributed by atoms with van der Waals surface area (Å²) in [6.45, 7) is 19.0. The van der Waals surface area contributed by atoms with Crippen molar-refractivity contribution in [1.82, 2.24) is 0 Å². The zero-order chi connectivity index (χ0) is 30.9. The molecule has 5 aliphatic rings. The summed E-state index contributed by atoms with van der Waals surface area (Å²) < 4.78 is 16.3. The molecule has 1 unspecified atom stereocenters. The zero-order valence-electron chi connectivity index (χ0n) is 27.6. The number of hydrogen-bond donors (Lipinski definition) is 0. The Morgan fingerprint density at radius 1 is 0.738 bits per heavy atom. The van der Waals surface area contributed by atoms with Crippen molar-refractivity contribution in [1.29, 1.82) is 0 Å². The Bertz CT molecular complexity index is 1130. The number of esters is 3. The Hall–Kier alpha value is -1.85. The van der Waals surface area contributed by atoms with Gasteiger partial charge in [-0.25, -0.2) is 0 Å². The van der Waals surface area contributed by atoms with E-state index in [2.05, 4.69) is 48.1 Å². The van der Waals surface area contributed by atoms with Gasteiger partial charge in [0.2, 0.25) is 0 Å². The van der Waals surface area contributed by atoms with E-state index in [-0.39, 0.29) is 63.9 Å². The predicted molar refractivity (Wildman–Crippen MR) is 162 cm³/mol. The van der Waals surface area contributed by atoms with Crippen LogP contribution in [-0.4, -0.2) is 38.2 Å². The van der Waals surface area contributed by atoms with Gasteiger partial charge in [-0.05, 0) is 117 Å². The number of hydrogen-bond acceptors (Lipinski definition) is 6. The maximum atomic E-state index is 13.5. The summed E-state index contributed by atoms with van der Waals surface area (Å²) >= 11 is 0. The molecule has 236 valence electrons. The van der Waals surface area contributed by atoms with Gasteiger partial charge in [0.25, 0.3) is 0 Å². The summed E-state index contributed by atoms with van der Waals surface area (Å²) in [6.07, 6.45) is 10.6. The number of ether oxygens (including phenoxy) is 3. The van der Waals surface area contributed by atoms with Gasteiger partial charge in [0.05, 0.1) is 32.5 Å². The number of rotatable bonds is 6. The lowest BCUT2D eigenvalue weighted by Gasteiger charge is -2.72. The summed E-state index contributed by atoms with van der Waals surface area (Å²) in [6, 6.07) is 0. The molecule has 0 amide bonds. The molecule has 0 saturated heterocycles. The molecular weight excluding hydrogens is 528 g/mol. The van der Waals surface area contributed by atoms with E-state index in [9.17, 15) is 14.4 Å². The third-order valence-electron chi connectivity index (χ3n) is 14.6. The number of carbonyl (C=O) groups excluding carboxylic acids is 3. The van der Waals surface area contributed by atoms with Gasteiger partial charge in [-0.1, -0.05) is 46.8 Å². The molecule has 0 radical (unpaired) electrons. The van der Waals surface area contributed by atoms with Crippen molar-refractivity contribution in [3.63, 3.8) is 0 Å². The van der Waals surface area contributed by atoms with E-state index in [0.717, 1.165) is 44.9 Å². The van der Waals surface area contributed by atoms with E-state index in [1.165, 1.54) is 31.9 Å². The molecular formula is C36H56O6. The maximum Gasteiger partial charge on any atom is 0.312 e. The smallest absolute Gasteiger partial charge is 0.312 e. The molecule has 5 rings (SSSR count). The van der Waals surface area contributed by atoms with Crippen molar-refractivity contribution in [3.8, 4) is 0 Å². The second-order valence-corrected chi connectivity index (χ2v) is 16.2. The average molecular weight is 585 g/mol. The minimum Gasteiger partial charge on any atom is -0.469 e. The highest BCUT2D eigenvalue weighted by molar-refractivity contribution is 5.78. The Balaban J connectivity index is 1.42. The van der Waals surface area contributed by atoms with Crippen LogP contribution in [0.2, 0.25) is 0 Å². The Morgan fingerprint density at radius 2 is 1.43 bits per heavy atom. The highest BCUT2D eigenvalue weighted by atomic mass is 16.5. The van der Waals surface area contributed by atoms with Crippen LogP contribution >= 0.6 is 0 Å². The van der Waals surface area contributed by atoms with Crippen molar-refractivity contribution in [3.05, 3.63) is 12.2 Å². The highest BCUT2D eigenvalue weighted by Gasteiger charge is 2.72. The normalized spacial score (nSPS) is 45.3. The Kier molecular flexibility index (Phi) is 8.00. The molecule has 42 heavy (non-hydrogen) atoms. The average Bonchev–Trinajstić information content (AvgIpc) is 3.34. The largest absolute Gasteiger partial charge is 0.469 e. The van der Waals surface area contributed by atoms with Gasteiger partial charge in [-0.2, -0.15) is 0 Å². The zero-order valence-corrected chi connectivity index (χ0v) is 27.6. The minimum atomic E-state index is -0.378. The first-order chi connectivity index (χ1) is 19.6. The standard InChI is InChI=1S/C36H56O6/c1-22(2)23-14-19-36(31(39)41-9)21-20-34(6)24(30(23)36)10-11-26-33(5)17-16-27(42-29(38)13-12-28(37)40-8)32(3,4)25(33)15-18-35(26,34)7/h23-27,30H,1,10-21H2,2-9H3/t23-,24+,25?,26+,27-,30+,33-,34+,35+,36-/m0/s1. The third kappa shape index (κ3) is 4.34. The van der Waals surface area contributed by atoms with Gasteiger partial charge in [0.15, 0.2) is 0 Å². The van der Waals surface area contributed by atoms with E-state index in [0.29, 0.717) is 29.6 Å². The Morgan fingerprint density at radius 3 is 2.07 bits per heavy atom. The molecule has 0 bridgehead atoms. The molecule has 6 heteroatoms. The van der Waals surface area contributed by atoms with Crippen LogP contribution in [0, 0.1) is 56.7 Å². The van der Waals surface area contributed by atoms with Gasteiger partial charge < -0.3 is 14.2 Å². The van der Waals surface area contributed by atoms with Gasteiger partial charge in [-0.3, -0.25) is 14.4 Å². The lowest BCUT2D eigenvalue weighted by atomic mass is 9.32. The second kappa shape index (κ2) is 10.6. The molecule has 0 N–H and O–H groups in total. The molecule has 6 nitrogen and oxygen atoms in total. The fraction of sp³-hybridized carbons (Fsp3) is 0.861. The van der Waals surface area contributed by atoms with Crippen LogP contribution < -0.4 is 0 Å². The van der Waals surface area contributed by atoms with E-state index in [4.69, 9.17) is 14.2 Å². The first-order valence-corrected chi connectivity index (χ1v) is 16.6. The van der Waals surface area contributed by atoms with Gasteiger partial charge >= 0.3 is 17.9 Å². The number of allylic oxidation sites excluding steroid dienone is 1. The van der Waals surface area contributed by atoms with Crippen LogP contribution in [0.1, 0.15) is 119 Å². The van der Waals surface area contributed by atoms with Crippen molar-refractivity contribution >= 4 is 17.9 Å². The van der Waals surface area contributed by atoms with Crippen molar-refractivity contribution in [2.24, 2.45) is 56.7 Å². The molecule has 10 atom stereocenters. The van der Waals surface area contributed by atoms with Crippen molar-refractivity contribution < 1.29 is 28.6 Å². The van der Waals surface area contributed by atoms with Crippen LogP contribution in [-0.2, 0) is 28.6 Å². The summed E-state index contributed by atoms with van der Waals surface area (Å²) in [5, 5.41) is 0. The first kappa shape index (κ1) is 31.6. The van der Waals surface area contributed by atoms with Crippen molar-refractivity contribution in [2.45, 2.75) is 125 Å². The third-order valence-corrected chi connectivity index (χ3v) is 14.6. The number of carbonyl (C=O) groups is 3. The molecule has 5 aliphatic carbocycles. The second-order valence-electron chi connectivity index (χ2n) is 16.2. The van der Waals surface area contributed by atoms with E-state index in [1.807, 2.05) is 0 Å². The van der Waals surface area contributed by atoms with E-state index < -0.39 is 0 Å². The Labute approximate surface area is 254 Å². The van der Waals surface area contributed by atoms with Crippen LogP contribution in [0.3, 0.4) is 0 Å². The van der Waals surface area contributed by atoms with E-state index in [1.54, 1.807) is 7.11 Å². The quantitative estimate of drug-likeness (QED) is 0.181. The predicted octanol–water partition coefficient (Wildman–Crippen LogP) is 7.68. The van der Waals surface area contributed by atoms with Crippen LogP contribution in [0.5, 0.6) is 0 Å². The van der Waals surface area contributed by atoms with Crippen molar-refractivity contribution in [2.75, 3.05) is 14.2 Å². The molecule has 0 aromatic carbocycles. The summed E-state index contributed by atoms with van der Waals surface area (Å²) in [7, 11) is 2.92. The first-order valence-electron chi connectivity index (χ1n) is 16.6. The van der Waals surface area contributed by atoms with Crippen LogP contribution in [0.4, 0.5) is 0 Å².